The molecule has 0 saturated heterocycles. The smallest absolute Gasteiger partial charge is 0.343 e. The SMILES string of the molecule is C=CCCCCOc1ccc(C(=O)Oc2cc(C)c(OC(=O)c3ccc(OCCCCC=C)cc3)c(C)c2C)cc1. The fourth-order valence-electron chi connectivity index (χ4n) is 4.13. The second-order valence-corrected chi connectivity index (χ2v) is 9.86. The van der Waals surface area contributed by atoms with Crippen molar-refractivity contribution in [2.45, 2.75) is 59.3 Å². The highest BCUT2D eigenvalue weighted by molar-refractivity contribution is 5.92. The van der Waals surface area contributed by atoms with E-state index in [0.717, 1.165) is 44.1 Å². The third kappa shape index (κ3) is 9.38. The van der Waals surface area contributed by atoms with Crippen molar-refractivity contribution in [1.29, 1.82) is 0 Å². The minimum Gasteiger partial charge on any atom is -0.494 e. The molecule has 6 nitrogen and oxygen atoms in total. The number of carbonyl (C=O) groups is 2. The lowest BCUT2D eigenvalue weighted by atomic mass is 10.0. The van der Waals surface area contributed by atoms with Gasteiger partial charge in [-0.25, -0.2) is 9.59 Å². The van der Waals surface area contributed by atoms with E-state index in [4.69, 9.17) is 18.9 Å². The summed E-state index contributed by atoms with van der Waals surface area (Å²) in [7, 11) is 0. The van der Waals surface area contributed by atoms with Crippen LogP contribution in [0.25, 0.3) is 0 Å². The molecule has 0 unspecified atom stereocenters. The van der Waals surface area contributed by atoms with Gasteiger partial charge in [-0.1, -0.05) is 12.2 Å². The van der Waals surface area contributed by atoms with Gasteiger partial charge >= 0.3 is 11.9 Å². The van der Waals surface area contributed by atoms with Crippen molar-refractivity contribution in [2.24, 2.45) is 0 Å². The number of ether oxygens (including phenoxy) is 4. The molecule has 6 heteroatoms. The fraction of sp³-hybridized carbons (Fsp3) is 0.314. The minimum absolute atomic E-state index is 0.415. The van der Waals surface area contributed by atoms with Crippen LogP contribution in [0.4, 0.5) is 0 Å². The van der Waals surface area contributed by atoms with Crippen molar-refractivity contribution in [3.8, 4) is 23.0 Å². The van der Waals surface area contributed by atoms with Gasteiger partial charge in [-0.15, -0.1) is 13.2 Å². The molecule has 3 aromatic carbocycles. The van der Waals surface area contributed by atoms with Crippen LogP contribution in [-0.2, 0) is 0 Å². The molecule has 0 aliphatic rings. The maximum atomic E-state index is 12.9. The standard InChI is InChI=1S/C35H40O6/c1-6-8-10-12-22-38-30-18-14-28(15-19-30)34(36)40-32-24-25(3)33(27(5)26(32)4)41-35(37)29-16-20-31(21-17-29)39-23-13-11-9-7-2/h6-7,14-21,24H,1-2,8-13,22-23H2,3-5H3. The molecule has 0 atom stereocenters. The molecule has 3 aromatic rings. The molecule has 0 aliphatic heterocycles. The molecule has 0 aromatic heterocycles. The van der Waals surface area contributed by atoms with Gasteiger partial charge in [0.15, 0.2) is 0 Å². The maximum absolute atomic E-state index is 12.9. The summed E-state index contributed by atoms with van der Waals surface area (Å²) in [5.74, 6) is 1.33. The number of aryl methyl sites for hydroxylation is 1. The number of benzene rings is 3. The molecule has 216 valence electrons. The molecule has 3 rings (SSSR count). The van der Waals surface area contributed by atoms with E-state index in [1.54, 1.807) is 54.6 Å². The largest absolute Gasteiger partial charge is 0.494 e. The number of rotatable bonds is 16. The van der Waals surface area contributed by atoms with Gasteiger partial charge in [-0.3, -0.25) is 0 Å². The molecule has 0 bridgehead atoms. The van der Waals surface area contributed by atoms with Crippen LogP contribution in [0.2, 0.25) is 0 Å². The lowest BCUT2D eigenvalue weighted by Crippen LogP contribution is -2.13. The number of allylic oxidation sites excluding steroid dienone is 2. The topological polar surface area (TPSA) is 71.1 Å². The molecule has 0 aliphatic carbocycles. The van der Waals surface area contributed by atoms with Gasteiger partial charge in [0.1, 0.15) is 23.0 Å². The Kier molecular flexibility index (Phi) is 12.2. The maximum Gasteiger partial charge on any atom is 0.343 e. The summed E-state index contributed by atoms with van der Waals surface area (Å²) < 4.78 is 23.0. The zero-order valence-electron chi connectivity index (χ0n) is 24.4. The summed E-state index contributed by atoms with van der Waals surface area (Å²) in [5.41, 5.74) is 2.95. The summed E-state index contributed by atoms with van der Waals surface area (Å²) >= 11 is 0. The highest BCUT2D eigenvalue weighted by Gasteiger charge is 2.19. The van der Waals surface area contributed by atoms with Gasteiger partial charge in [0.25, 0.3) is 0 Å². The predicted molar refractivity (Wildman–Crippen MR) is 163 cm³/mol. The molecule has 0 amide bonds. The van der Waals surface area contributed by atoms with Crippen molar-refractivity contribution in [1.82, 2.24) is 0 Å². The lowest BCUT2D eigenvalue weighted by Gasteiger charge is -2.16. The van der Waals surface area contributed by atoms with E-state index in [-0.39, 0.29) is 0 Å². The van der Waals surface area contributed by atoms with E-state index in [2.05, 4.69) is 13.2 Å². The first kappa shape index (κ1) is 31.2. The number of hydrogen-bond donors (Lipinski definition) is 0. The van der Waals surface area contributed by atoms with Crippen LogP contribution in [0.15, 0.2) is 79.9 Å². The number of hydrogen-bond acceptors (Lipinski definition) is 6. The molecule has 0 saturated carbocycles. The third-order valence-corrected chi connectivity index (χ3v) is 6.70. The molecule has 0 N–H and O–H groups in total. The Bertz CT molecular complexity index is 1320. The second-order valence-electron chi connectivity index (χ2n) is 9.86. The third-order valence-electron chi connectivity index (χ3n) is 6.70. The van der Waals surface area contributed by atoms with Crippen LogP contribution >= 0.6 is 0 Å². The van der Waals surface area contributed by atoms with Gasteiger partial charge in [0, 0.05) is 0 Å². The first-order valence-electron chi connectivity index (χ1n) is 14.1. The average molecular weight is 557 g/mol. The summed E-state index contributed by atoms with van der Waals surface area (Å²) in [6.45, 7) is 14.2. The highest BCUT2D eigenvalue weighted by atomic mass is 16.5. The van der Waals surface area contributed by atoms with Gasteiger partial charge in [0.2, 0.25) is 0 Å². The predicted octanol–water partition coefficient (Wildman–Crippen LogP) is 8.52. The lowest BCUT2D eigenvalue weighted by molar-refractivity contribution is 0.0716. The summed E-state index contributed by atoms with van der Waals surface area (Å²) in [4.78, 5) is 25.7. The van der Waals surface area contributed by atoms with Gasteiger partial charge < -0.3 is 18.9 Å². The van der Waals surface area contributed by atoms with Gasteiger partial charge in [-0.05, 0) is 131 Å². The second kappa shape index (κ2) is 16.1. The normalized spacial score (nSPS) is 10.5. The highest BCUT2D eigenvalue weighted by Crippen LogP contribution is 2.34. The Labute approximate surface area is 243 Å². The Balaban J connectivity index is 1.59. The summed E-state index contributed by atoms with van der Waals surface area (Å²) in [6, 6.07) is 15.5. The molecule has 41 heavy (non-hydrogen) atoms. The van der Waals surface area contributed by atoms with Crippen molar-refractivity contribution < 1.29 is 28.5 Å². The van der Waals surface area contributed by atoms with Crippen LogP contribution in [0, 0.1) is 20.8 Å². The molecule has 0 spiro atoms. The monoisotopic (exact) mass is 556 g/mol. The van der Waals surface area contributed by atoms with Crippen LogP contribution in [0.3, 0.4) is 0 Å². The van der Waals surface area contributed by atoms with Crippen molar-refractivity contribution in [3.63, 3.8) is 0 Å². The van der Waals surface area contributed by atoms with E-state index >= 15 is 0 Å². The Morgan fingerprint density at radius 1 is 0.659 bits per heavy atom. The molecule has 0 heterocycles. The summed E-state index contributed by atoms with van der Waals surface area (Å²) in [5, 5.41) is 0. The van der Waals surface area contributed by atoms with Crippen LogP contribution in [0.5, 0.6) is 23.0 Å². The molecule has 0 fully saturated rings. The van der Waals surface area contributed by atoms with E-state index in [1.807, 2.05) is 32.9 Å². The van der Waals surface area contributed by atoms with Gasteiger partial charge in [0.05, 0.1) is 24.3 Å². The number of esters is 2. The quantitative estimate of drug-likeness (QED) is 0.0762. The van der Waals surface area contributed by atoms with Gasteiger partial charge in [-0.2, -0.15) is 0 Å². The Hall–Kier alpha value is -4.32. The average Bonchev–Trinajstić information content (AvgIpc) is 2.98. The van der Waals surface area contributed by atoms with E-state index in [0.29, 0.717) is 58.5 Å². The van der Waals surface area contributed by atoms with Crippen LogP contribution < -0.4 is 18.9 Å². The van der Waals surface area contributed by atoms with Crippen LogP contribution in [-0.4, -0.2) is 25.2 Å². The molecular formula is C35H40O6. The minimum atomic E-state index is -0.475. The zero-order chi connectivity index (χ0) is 29.6. The van der Waals surface area contributed by atoms with E-state index < -0.39 is 11.9 Å². The first-order chi connectivity index (χ1) is 19.8. The van der Waals surface area contributed by atoms with E-state index in [9.17, 15) is 9.59 Å². The van der Waals surface area contributed by atoms with E-state index in [1.165, 1.54) is 0 Å². The number of unbranched alkanes of at least 4 members (excludes halogenated alkanes) is 4. The zero-order valence-corrected chi connectivity index (χ0v) is 24.4. The Morgan fingerprint density at radius 3 is 1.59 bits per heavy atom. The van der Waals surface area contributed by atoms with Crippen LogP contribution in [0.1, 0.15) is 75.9 Å². The summed E-state index contributed by atoms with van der Waals surface area (Å²) in [6.07, 6.45) is 9.68. The van der Waals surface area contributed by atoms with Crippen molar-refractivity contribution in [3.05, 3.63) is 108 Å². The Morgan fingerprint density at radius 2 is 1.12 bits per heavy atom. The fourth-order valence-corrected chi connectivity index (χ4v) is 4.13. The molecular weight excluding hydrogens is 516 g/mol. The van der Waals surface area contributed by atoms with Crippen molar-refractivity contribution in [2.75, 3.05) is 13.2 Å². The number of carbonyl (C=O) groups excluding carboxylic acids is 2. The molecule has 0 radical (unpaired) electrons. The van der Waals surface area contributed by atoms with Crippen molar-refractivity contribution >= 4 is 11.9 Å². The first-order valence-corrected chi connectivity index (χ1v) is 14.1.